The van der Waals surface area contributed by atoms with E-state index in [1.165, 1.54) is 43.8 Å². The van der Waals surface area contributed by atoms with Crippen LogP contribution in [0.25, 0.3) is 88.3 Å². The number of anilines is 18. The maximum atomic E-state index is 2.35. The topological polar surface area (TPSA) is 19.4 Å². The molecule has 636 valence electrons. The Kier molecular flexibility index (Phi) is 24.2. The van der Waals surface area contributed by atoms with Gasteiger partial charge in [-0.3, -0.25) is 0 Å². The van der Waals surface area contributed by atoms with Crippen molar-refractivity contribution in [3.05, 3.63) is 570 Å². The predicted molar refractivity (Wildman–Crippen MR) is 569 cm³/mol. The highest BCUT2D eigenvalue weighted by atomic mass is 15.2. The monoisotopic (exact) mass is 1710 g/mol. The largest absolute Gasteiger partial charge is 0.311 e. The molecule has 0 atom stereocenters. The second-order valence-corrected chi connectivity index (χ2v) is 33.2. The Morgan fingerprint density at radius 2 is 0.209 bits per heavy atom. The van der Waals surface area contributed by atoms with Gasteiger partial charge in [-0.1, -0.05) is 364 Å². The minimum atomic E-state index is 1.08. The molecule has 0 radical (unpaired) electrons. The summed E-state index contributed by atoms with van der Waals surface area (Å²) in [7, 11) is 0. The zero-order valence-electron chi connectivity index (χ0n) is 74.0. The third kappa shape index (κ3) is 18.1. The number of fused-ring (bicyclic) bond motifs is 2. The first-order valence-electron chi connectivity index (χ1n) is 45.7. The average molecular weight is 1720 g/mol. The zero-order valence-corrected chi connectivity index (χ0v) is 74.0. The van der Waals surface area contributed by atoms with Crippen molar-refractivity contribution in [1.29, 1.82) is 0 Å². The predicted octanol–water partition coefficient (Wildman–Crippen LogP) is 36.5. The molecular weight excluding hydrogens is 1620 g/mol. The van der Waals surface area contributed by atoms with Crippen LogP contribution >= 0.6 is 0 Å². The van der Waals surface area contributed by atoms with Crippen molar-refractivity contribution >= 4 is 124 Å². The summed E-state index contributed by atoms with van der Waals surface area (Å²) in [5.74, 6) is 0. The quantitative estimate of drug-likeness (QED) is 0.0596. The van der Waals surface area contributed by atoms with Crippen molar-refractivity contribution in [3.63, 3.8) is 0 Å². The van der Waals surface area contributed by atoms with Crippen molar-refractivity contribution < 1.29 is 0 Å². The van der Waals surface area contributed by atoms with E-state index in [9.17, 15) is 0 Å². The molecule has 6 nitrogen and oxygen atoms in total. The summed E-state index contributed by atoms with van der Waals surface area (Å²) in [5.41, 5.74) is 34.0. The first-order valence-corrected chi connectivity index (χ1v) is 45.7. The minimum Gasteiger partial charge on any atom is -0.311 e. The molecule has 6 heteroatoms. The molecule has 0 aliphatic heterocycles. The summed E-state index contributed by atoms with van der Waals surface area (Å²) in [4.78, 5) is 14.0. The van der Waals surface area contributed by atoms with Gasteiger partial charge >= 0.3 is 0 Å². The van der Waals surface area contributed by atoms with Crippen molar-refractivity contribution in [1.82, 2.24) is 0 Å². The lowest BCUT2D eigenvalue weighted by Gasteiger charge is -2.27. The lowest BCUT2D eigenvalue weighted by Crippen LogP contribution is -2.10. The smallest absolute Gasteiger partial charge is 0.0540 e. The van der Waals surface area contributed by atoms with Gasteiger partial charge in [0, 0.05) is 102 Å². The molecule has 0 bridgehead atoms. The van der Waals surface area contributed by atoms with E-state index >= 15 is 0 Å². The first kappa shape index (κ1) is 83.1. The van der Waals surface area contributed by atoms with Crippen molar-refractivity contribution in [2.45, 2.75) is 0 Å². The molecule has 0 N–H and O–H groups in total. The van der Waals surface area contributed by atoms with E-state index in [2.05, 4.69) is 600 Å². The highest BCUT2D eigenvalue weighted by Gasteiger charge is 2.23. The van der Waals surface area contributed by atoms with E-state index in [1.54, 1.807) is 0 Å². The van der Waals surface area contributed by atoms with Crippen LogP contribution < -0.4 is 29.4 Å². The van der Waals surface area contributed by atoms with Gasteiger partial charge in [0.1, 0.15) is 0 Å². The van der Waals surface area contributed by atoms with Crippen LogP contribution in [0.15, 0.2) is 570 Å². The number of hydrogen-bond donors (Lipinski definition) is 0. The van der Waals surface area contributed by atoms with Gasteiger partial charge in [0.05, 0.1) is 11.4 Å². The Labute approximate surface area is 784 Å². The summed E-state index contributed by atoms with van der Waals surface area (Å²) in [6.45, 7) is 0. The molecule has 0 spiro atoms. The van der Waals surface area contributed by atoms with Crippen LogP contribution in [0.1, 0.15) is 0 Å². The number of para-hydroxylation sites is 6. The minimum absolute atomic E-state index is 1.08. The van der Waals surface area contributed by atoms with E-state index in [1.807, 2.05) is 0 Å². The maximum absolute atomic E-state index is 2.35. The van der Waals surface area contributed by atoms with E-state index in [0.717, 1.165) is 147 Å². The molecule has 0 unspecified atom stereocenters. The molecule has 0 aliphatic rings. The Morgan fingerprint density at radius 1 is 0.0821 bits per heavy atom. The van der Waals surface area contributed by atoms with E-state index in [4.69, 9.17) is 0 Å². The van der Waals surface area contributed by atoms with Crippen molar-refractivity contribution in [2.75, 3.05) is 29.4 Å². The summed E-state index contributed by atoms with van der Waals surface area (Å²) < 4.78 is 0. The Morgan fingerprint density at radius 3 is 0.396 bits per heavy atom. The Bertz CT molecular complexity index is 7130. The Hall–Kier alpha value is -17.8. The van der Waals surface area contributed by atoms with Crippen LogP contribution in [-0.2, 0) is 0 Å². The van der Waals surface area contributed by atoms with Gasteiger partial charge in [-0.2, -0.15) is 0 Å². The zero-order chi connectivity index (χ0) is 89.6. The standard InChI is InChI=1S/C68H49N3.C60H45N3/c1-4-16-50(17-5-1)51-30-40-60(41-31-51)69(61-42-32-52(33-43-61)54-36-46-63(47-37-54)70(58-22-6-2-7-23-58)67-28-14-20-56-18-10-12-26-65(56)67)62-44-34-53(35-45-62)55-38-48-64(49-39-55)71(59-24-8-3-9-25-59)68-29-15-21-57-19-11-13-27-66(57)68;1-6-16-46(17-7-1)47-26-36-58(37-27-47)63(59-42-32-50(33-43-59)48-28-38-56(39-29-48)61(52-18-8-2-9-19-52)53-20-10-3-11-21-53)60-44-34-51(35-45-60)49-30-40-57(41-31-49)62(54-22-12-4-13-23-54)55-24-14-5-15-25-55/h1-49H;1-45H. The van der Waals surface area contributed by atoms with Gasteiger partial charge in [0.2, 0.25) is 0 Å². The number of hydrogen-bond acceptors (Lipinski definition) is 6. The van der Waals surface area contributed by atoms with Gasteiger partial charge in [0.15, 0.2) is 0 Å². The molecule has 22 rings (SSSR count). The molecule has 134 heavy (non-hydrogen) atoms. The summed E-state index contributed by atoms with van der Waals surface area (Å²) in [6, 6.07) is 204. The van der Waals surface area contributed by atoms with Gasteiger partial charge in [-0.15, -0.1) is 0 Å². The third-order valence-electron chi connectivity index (χ3n) is 24.9. The number of nitrogens with zero attached hydrogens (tertiary/aromatic N) is 6. The first-order chi connectivity index (χ1) is 66.5. The second-order valence-electron chi connectivity index (χ2n) is 33.2. The second kappa shape index (κ2) is 39.0. The molecule has 0 fully saturated rings. The molecule has 0 saturated heterocycles. The summed E-state index contributed by atoms with van der Waals surface area (Å²) >= 11 is 0. The van der Waals surface area contributed by atoms with Crippen LogP contribution in [0.5, 0.6) is 0 Å². The summed E-state index contributed by atoms with van der Waals surface area (Å²) in [6.07, 6.45) is 0. The van der Waals surface area contributed by atoms with Gasteiger partial charge in [0.25, 0.3) is 0 Å². The lowest BCUT2D eigenvalue weighted by molar-refractivity contribution is 1.28. The van der Waals surface area contributed by atoms with Crippen LogP contribution in [0.4, 0.5) is 102 Å². The number of benzene rings is 22. The lowest BCUT2D eigenvalue weighted by atomic mass is 10.0. The van der Waals surface area contributed by atoms with Crippen LogP contribution in [0.3, 0.4) is 0 Å². The van der Waals surface area contributed by atoms with Gasteiger partial charge in [-0.05, 0) is 284 Å². The van der Waals surface area contributed by atoms with E-state index in [-0.39, 0.29) is 0 Å². The van der Waals surface area contributed by atoms with Crippen LogP contribution in [0.2, 0.25) is 0 Å². The fraction of sp³-hybridized carbons (Fsp3) is 0. The molecule has 0 amide bonds. The molecule has 0 heterocycles. The van der Waals surface area contributed by atoms with Crippen LogP contribution in [0, 0.1) is 0 Å². The maximum Gasteiger partial charge on any atom is 0.0540 e. The molecule has 0 aromatic heterocycles. The third-order valence-corrected chi connectivity index (χ3v) is 24.9. The van der Waals surface area contributed by atoms with E-state index in [0.29, 0.717) is 0 Å². The highest BCUT2D eigenvalue weighted by molar-refractivity contribution is 6.01. The van der Waals surface area contributed by atoms with Crippen LogP contribution in [-0.4, -0.2) is 0 Å². The summed E-state index contributed by atoms with van der Waals surface area (Å²) in [5, 5.41) is 4.86. The van der Waals surface area contributed by atoms with Gasteiger partial charge in [-0.25, -0.2) is 0 Å². The molecule has 0 saturated carbocycles. The fourth-order valence-corrected chi connectivity index (χ4v) is 18.2. The SMILES string of the molecule is c1ccc(-c2ccc(N(c3ccc(-c4ccc(N(c5ccccc5)c5cccc6ccccc56)cc4)cc3)c3ccc(-c4ccc(N(c5ccccc5)c5cccc6ccccc56)cc4)cc3)cc2)cc1.c1ccc(-c2ccc(N(c3ccc(-c4ccc(N(c5ccccc5)c5ccccc5)cc4)cc3)c3ccc(-c4ccc(N(c5ccccc5)c5ccccc5)cc4)cc3)cc2)cc1. The van der Waals surface area contributed by atoms with Crippen molar-refractivity contribution in [2.24, 2.45) is 0 Å². The molecular formula is C128H94N6. The molecule has 0 aliphatic carbocycles. The highest BCUT2D eigenvalue weighted by Crippen LogP contribution is 2.47. The molecule has 22 aromatic rings. The van der Waals surface area contributed by atoms with Crippen molar-refractivity contribution in [3.8, 4) is 66.8 Å². The molecule has 22 aromatic carbocycles. The number of rotatable bonds is 24. The fourth-order valence-electron chi connectivity index (χ4n) is 18.2. The Balaban J connectivity index is 0.000000162. The van der Waals surface area contributed by atoms with E-state index < -0.39 is 0 Å². The average Bonchev–Trinajstić information content (AvgIpc) is 0.788. The normalized spacial score (nSPS) is 11.0. The van der Waals surface area contributed by atoms with Gasteiger partial charge < -0.3 is 29.4 Å².